The van der Waals surface area contributed by atoms with Crippen LogP contribution in [0.15, 0.2) is 18.2 Å². The van der Waals surface area contributed by atoms with Gasteiger partial charge < -0.3 is 15.6 Å². The van der Waals surface area contributed by atoms with Crippen LogP contribution < -0.4 is 10.5 Å². The lowest BCUT2D eigenvalue weighted by molar-refractivity contribution is 0.192. The largest absolute Gasteiger partial charge is 0.504 e. The Bertz CT molecular complexity index is 436. The number of rotatable bonds is 6. The van der Waals surface area contributed by atoms with Crippen LogP contribution >= 0.6 is 0 Å². The molecule has 4 heteroatoms. The molecule has 1 aliphatic rings. The summed E-state index contributed by atoms with van der Waals surface area (Å²) in [6.07, 6.45) is 3.75. The number of aromatic hydroxyl groups is 1. The van der Waals surface area contributed by atoms with Gasteiger partial charge in [-0.3, -0.25) is 4.90 Å². The Morgan fingerprint density at radius 3 is 2.90 bits per heavy atom. The van der Waals surface area contributed by atoms with Crippen LogP contribution in [-0.4, -0.2) is 36.2 Å². The fourth-order valence-electron chi connectivity index (χ4n) is 3.21. The molecule has 0 heterocycles. The smallest absolute Gasteiger partial charge is 0.161 e. The molecule has 20 heavy (non-hydrogen) atoms. The van der Waals surface area contributed by atoms with E-state index < -0.39 is 0 Å². The van der Waals surface area contributed by atoms with E-state index in [4.69, 9.17) is 10.5 Å². The van der Waals surface area contributed by atoms with Gasteiger partial charge in [-0.1, -0.05) is 12.5 Å². The van der Waals surface area contributed by atoms with Crippen molar-refractivity contribution in [2.45, 2.75) is 38.8 Å². The zero-order valence-electron chi connectivity index (χ0n) is 12.5. The van der Waals surface area contributed by atoms with E-state index in [9.17, 15) is 5.11 Å². The number of benzene rings is 1. The van der Waals surface area contributed by atoms with E-state index in [1.54, 1.807) is 6.07 Å². The molecule has 1 aromatic carbocycles. The number of phenolic OH excluding ortho intramolecular Hbond substituents is 1. The van der Waals surface area contributed by atoms with Gasteiger partial charge in [-0.05, 0) is 57.0 Å². The Morgan fingerprint density at radius 1 is 1.40 bits per heavy atom. The first kappa shape index (κ1) is 15.1. The minimum absolute atomic E-state index is 0.207. The first-order valence-corrected chi connectivity index (χ1v) is 7.50. The summed E-state index contributed by atoms with van der Waals surface area (Å²) in [6.45, 7) is 4.11. The molecule has 4 nitrogen and oxygen atoms in total. The van der Waals surface area contributed by atoms with Gasteiger partial charge in [-0.25, -0.2) is 0 Å². The van der Waals surface area contributed by atoms with E-state index in [1.165, 1.54) is 19.3 Å². The Kier molecular flexibility index (Phi) is 5.26. The predicted octanol–water partition coefficient (Wildman–Crippen LogP) is 2.35. The van der Waals surface area contributed by atoms with Gasteiger partial charge >= 0.3 is 0 Å². The molecule has 3 N–H and O–H groups in total. The average molecular weight is 278 g/mol. The summed E-state index contributed by atoms with van der Waals surface area (Å²) in [5.74, 6) is 1.39. The molecule has 2 unspecified atom stereocenters. The molecule has 2 atom stereocenters. The van der Waals surface area contributed by atoms with Crippen LogP contribution in [0.4, 0.5) is 0 Å². The Labute approximate surface area is 121 Å². The van der Waals surface area contributed by atoms with Crippen LogP contribution in [0.5, 0.6) is 11.5 Å². The van der Waals surface area contributed by atoms with Gasteiger partial charge in [0.1, 0.15) is 0 Å². The molecule has 112 valence electrons. The van der Waals surface area contributed by atoms with Crippen molar-refractivity contribution in [1.29, 1.82) is 0 Å². The van der Waals surface area contributed by atoms with Gasteiger partial charge in [0.2, 0.25) is 0 Å². The van der Waals surface area contributed by atoms with Crippen molar-refractivity contribution in [1.82, 2.24) is 4.90 Å². The second-order valence-electron chi connectivity index (χ2n) is 5.64. The van der Waals surface area contributed by atoms with Gasteiger partial charge in [0, 0.05) is 12.6 Å². The van der Waals surface area contributed by atoms with Crippen LogP contribution in [0, 0.1) is 5.92 Å². The van der Waals surface area contributed by atoms with Gasteiger partial charge in [0.05, 0.1) is 6.61 Å². The maximum absolute atomic E-state index is 9.74. The SMILES string of the molecule is CCOc1cc(CN(C)C2CCCC2CN)ccc1O. The summed E-state index contributed by atoms with van der Waals surface area (Å²) in [7, 11) is 2.16. The number of hydrogen-bond donors (Lipinski definition) is 2. The maximum atomic E-state index is 9.74. The number of hydrogen-bond acceptors (Lipinski definition) is 4. The number of ether oxygens (including phenoxy) is 1. The molecule has 0 aromatic heterocycles. The molecule has 1 fully saturated rings. The van der Waals surface area contributed by atoms with Gasteiger partial charge in [-0.15, -0.1) is 0 Å². The average Bonchev–Trinajstić information content (AvgIpc) is 2.91. The lowest BCUT2D eigenvalue weighted by atomic mass is 10.0. The second-order valence-corrected chi connectivity index (χ2v) is 5.64. The summed E-state index contributed by atoms with van der Waals surface area (Å²) < 4.78 is 5.44. The summed E-state index contributed by atoms with van der Waals surface area (Å²) in [5.41, 5.74) is 7.02. The Balaban J connectivity index is 2.03. The van der Waals surface area contributed by atoms with Crippen LogP contribution in [0.2, 0.25) is 0 Å². The standard InChI is InChI=1S/C16H26N2O2/c1-3-20-16-9-12(7-8-15(16)19)11-18(2)14-6-4-5-13(14)10-17/h7-9,13-14,19H,3-6,10-11,17H2,1-2H3. The Hall–Kier alpha value is -1.26. The van der Waals surface area contributed by atoms with Crippen molar-refractivity contribution in [3.8, 4) is 11.5 Å². The van der Waals surface area contributed by atoms with E-state index in [2.05, 4.69) is 11.9 Å². The molecule has 2 rings (SSSR count). The molecule has 1 saturated carbocycles. The highest BCUT2D eigenvalue weighted by Crippen LogP contribution is 2.31. The highest BCUT2D eigenvalue weighted by atomic mass is 16.5. The van der Waals surface area contributed by atoms with Crippen molar-refractivity contribution in [2.24, 2.45) is 11.7 Å². The highest BCUT2D eigenvalue weighted by Gasteiger charge is 2.29. The van der Waals surface area contributed by atoms with E-state index in [0.717, 1.165) is 18.7 Å². The fraction of sp³-hybridized carbons (Fsp3) is 0.625. The quantitative estimate of drug-likeness (QED) is 0.838. The minimum Gasteiger partial charge on any atom is -0.504 e. The van der Waals surface area contributed by atoms with E-state index >= 15 is 0 Å². The Morgan fingerprint density at radius 2 is 2.20 bits per heavy atom. The van der Waals surface area contributed by atoms with Gasteiger partial charge in [0.15, 0.2) is 11.5 Å². The van der Waals surface area contributed by atoms with E-state index in [1.807, 2.05) is 19.1 Å². The van der Waals surface area contributed by atoms with Crippen molar-refractivity contribution in [2.75, 3.05) is 20.2 Å². The van der Waals surface area contributed by atoms with Crippen LogP contribution in [0.25, 0.3) is 0 Å². The van der Waals surface area contributed by atoms with Crippen molar-refractivity contribution in [3.05, 3.63) is 23.8 Å². The molecule has 0 saturated heterocycles. The molecule has 0 amide bonds. The molecule has 0 bridgehead atoms. The summed E-state index contributed by atoms with van der Waals surface area (Å²) >= 11 is 0. The van der Waals surface area contributed by atoms with Crippen molar-refractivity contribution in [3.63, 3.8) is 0 Å². The topological polar surface area (TPSA) is 58.7 Å². The molecule has 1 aromatic rings. The fourth-order valence-corrected chi connectivity index (χ4v) is 3.21. The third-order valence-electron chi connectivity index (χ3n) is 4.24. The van der Waals surface area contributed by atoms with Crippen LogP contribution in [0.1, 0.15) is 31.7 Å². The first-order chi connectivity index (χ1) is 9.65. The number of nitrogens with two attached hydrogens (primary N) is 1. The second kappa shape index (κ2) is 6.95. The molecule has 0 radical (unpaired) electrons. The molecule has 0 spiro atoms. The molecule has 0 aliphatic heterocycles. The van der Waals surface area contributed by atoms with Gasteiger partial charge in [-0.2, -0.15) is 0 Å². The third kappa shape index (κ3) is 3.44. The monoisotopic (exact) mass is 278 g/mol. The van der Waals surface area contributed by atoms with Crippen molar-refractivity contribution >= 4 is 0 Å². The minimum atomic E-state index is 0.207. The highest BCUT2D eigenvalue weighted by molar-refractivity contribution is 5.41. The first-order valence-electron chi connectivity index (χ1n) is 7.50. The summed E-state index contributed by atoms with van der Waals surface area (Å²) in [4.78, 5) is 2.38. The zero-order chi connectivity index (χ0) is 14.5. The molecular formula is C16H26N2O2. The number of nitrogens with zero attached hydrogens (tertiary/aromatic N) is 1. The van der Waals surface area contributed by atoms with Crippen molar-refractivity contribution < 1.29 is 9.84 Å². The lowest BCUT2D eigenvalue weighted by Crippen LogP contribution is -2.37. The van der Waals surface area contributed by atoms with Gasteiger partial charge in [0.25, 0.3) is 0 Å². The predicted molar refractivity (Wildman–Crippen MR) is 80.9 cm³/mol. The van der Waals surface area contributed by atoms with E-state index in [-0.39, 0.29) is 5.75 Å². The lowest BCUT2D eigenvalue weighted by Gasteiger charge is -2.29. The van der Waals surface area contributed by atoms with Crippen LogP contribution in [-0.2, 0) is 6.54 Å². The molecule has 1 aliphatic carbocycles. The summed E-state index contributed by atoms with van der Waals surface area (Å²) in [5, 5.41) is 9.74. The van der Waals surface area contributed by atoms with Crippen LogP contribution in [0.3, 0.4) is 0 Å². The number of phenols is 1. The maximum Gasteiger partial charge on any atom is 0.161 e. The zero-order valence-corrected chi connectivity index (χ0v) is 12.5. The third-order valence-corrected chi connectivity index (χ3v) is 4.24. The summed E-state index contributed by atoms with van der Waals surface area (Å²) in [6, 6.07) is 6.18. The van der Waals surface area contributed by atoms with E-state index in [0.29, 0.717) is 24.3 Å². The molecular weight excluding hydrogens is 252 g/mol. The normalized spacial score (nSPS) is 22.4.